The summed E-state index contributed by atoms with van der Waals surface area (Å²) in [7, 11) is 1.62. The molecule has 3 aromatic rings. The maximum atomic E-state index is 12.3. The van der Waals surface area contributed by atoms with Crippen molar-refractivity contribution in [2.75, 3.05) is 12.4 Å². The molecular weight excluding hydrogens is 318 g/mol. The Hall–Kier alpha value is -3.15. The molecule has 0 saturated carbocycles. The van der Waals surface area contributed by atoms with Gasteiger partial charge in [-0.2, -0.15) is 0 Å². The highest BCUT2D eigenvalue weighted by Gasteiger charge is 2.13. The van der Waals surface area contributed by atoms with E-state index in [1.165, 1.54) is 6.33 Å². The summed E-state index contributed by atoms with van der Waals surface area (Å²) in [6.45, 7) is 1.99. The number of nitrogens with one attached hydrogen (secondary N) is 2. The molecule has 0 bridgehead atoms. The third-order valence-corrected chi connectivity index (χ3v) is 4.08. The number of carbonyl (C=O) groups is 1. The lowest BCUT2D eigenvalue weighted by Gasteiger charge is -2.13. The van der Waals surface area contributed by atoms with Gasteiger partial charge in [-0.15, -0.1) is 0 Å². The zero-order valence-electron chi connectivity index (χ0n) is 14.1. The number of amides is 1. The average Bonchev–Trinajstić information content (AvgIpc) is 2.62. The number of anilines is 1. The average molecular weight is 337 g/mol. The van der Waals surface area contributed by atoms with Crippen LogP contribution in [0.15, 0.2) is 53.6 Å². The van der Waals surface area contributed by atoms with E-state index in [2.05, 4.69) is 15.3 Å². The van der Waals surface area contributed by atoms with Crippen LogP contribution in [0, 0.1) is 0 Å². The van der Waals surface area contributed by atoms with Gasteiger partial charge >= 0.3 is 0 Å². The first-order valence-corrected chi connectivity index (χ1v) is 7.98. The van der Waals surface area contributed by atoms with Crippen LogP contribution in [0.25, 0.3) is 10.9 Å². The van der Waals surface area contributed by atoms with Crippen molar-refractivity contribution in [3.63, 3.8) is 0 Å². The molecule has 6 heteroatoms. The van der Waals surface area contributed by atoms with E-state index in [4.69, 9.17) is 4.74 Å². The van der Waals surface area contributed by atoms with Crippen molar-refractivity contribution in [1.82, 2.24) is 9.97 Å². The zero-order chi connectivity index (χ0) is 17.8. The SMILES string of the molecule is COc1cccc([C@@H](C)CC(=O)Nc2ccc3nc[nH]c(=O)c3c2)c1. The first kappa shape index (κ1) is 16.7. The van der Waals surface area contributed by atoms with E-state index >= 15 is 0 Å². The van der Waals surface area contributed by atoms with Gasteiger partial charge in [0.15, 0.2) is 0 Å². The molecule has 25 heavy (non-hydrogen) atoms. The number of methoxy groups -OCH3 is 1. The minimum Gasteiger partial charge on any atom is -0.497 e. The molecule has 1 atom stereocenters. The fraction of sp³-hybridized carbons (Fsp3) is 0.211. The van der Waals surface area contributed by atoms with Crippen LogP contribution in [-0.2, 0) is 4.79 Å². The highest BCUT2D eigenvalue weighted by Crippen LogP contribution is 2.24. The Morgan fingerprint density at radius 3 is 2.92 bits per heavy atom. The van der Waals surface area contributed by atoms with Crippen LogP contribution in [0.4, 0.5) is 5.69 Å². The van der Waals surface area contributed by atoms with E-state index in [1.54, 1.807) is 25.3 Å². The molecule has 0 spiro atoms. The number of ether oxygens (including phenoxy) is 1. The molecule has 0 saturated heterocycles. The Morgan fingerprint density at radius 2 is 2.12 bits per heavy atom. The minimum absolute atomic E-state index is 0.0422. The van der Waals surface area contributed by atoms with E-state index in [1.807, 2.05) is 31.2 Å². The molecular formula is C19H19N3O3. The first-order valence-electron chi connectivity index (χ1n) is 7.98. The van der Waals surface area contributed by atoms with E-state index in [9.17, 15) is 9.59 Å². The quantitative estimate of drug-likeness (QED) is 0.749. The third-order valence-electron chi connectivity index (χ3n) is 4.08. The molecule has 0 unspecified atom stereocenters. The second-order valence-electron chi connectivity index (χ2n) is 5.89. The van der Waals surface area contributed by atoms with E-state index < -0.39 is 0 Å². The lowest BCUT2D eigenvalue weighted by atomic mass is 9.97. The van der Waals surface area contributed by atoms with Gasteiger partial charge in [-0.1, -0.05) is 19.1 Å². The number of aromatic amines is 1. The number of H-pyrrole nitrogens is 1. The lowest BCUT2D eigenvalue weighted by molar-refractivity contribution is -0.116. The van der Waals surface area contributed by atoms with Gasteiger partial charge in [-0.3, -0.25) is 9.59 Å². The standard InChI is InChI=1S/C19H19N3O3/c1-12(13-4-3-5-15(9-13)25-2)8-18(23)22-14-6-7-17-16(10-14)19(24)21-11-20-17/h3-7,9-12H,8H2,1-2H3,(H,22,23)(H,20,21,24)/t12-/m0/s1. The summed E-state index contributed by atoms with van der Waals surface area (Å²) < 4.78 is 5.22. The smallest absolute Gasteiger partial charge is 0.258 e. The molecule has 0 aliphatic heterocycles. The van der Waals surface area contributed by atoms with Gasteiger partial charge in [0.1, 0.15) is 5.75 Å². The number of nitrogens with zero attached hydrogens (tertiary/aromatic N) is 1. The minimum atomic E-state index is -0.231. The maximum Gasteiger partial charge on any atom is 0.258 e. The predicted molar refractivity (Wildman–Crippen MR) is 97.0 cm³/mol. The van der Waals surface area contributed by atoms with Crippen molar-refractivity contribution in [2.45, 2.75) is 19.3 Å². The van der Waals surface area contributed by atoms with Crippen molar-refractivity contribution >= 4 is 22.5 Å². The number of fused-ring (bicyclic) bond motifs is 1. The molecule has 1 amide bonds. The third kappa shape index (κ3) is 3.85. The second kappa shape index (κ2) is 7.17. The highest BCUT2D eigenvalue weighted by molar-refractivity contribution is 5.93. The Kier molecular flexibility index (Phi) is 4.79. The molecule has 0 aliphatic rings. The van der Waals surface area contributed by atoms with Crippen LogP contribution in [0.5, 0.6) is 5.75 Å². The number of benzene rings is 2. The van der Waals surface area contributed by atoms with Crippen molar-refractivity contribution in [3.05, 3.63) is 64.7 Å². The van der Waals surface area contributed by atoms with Gasteiger partial charge in [0.2, 0.25) is 5.91 Å². The Balaban J connectivity index is 1.71. The van der Waals surface area contributed by atoms with Crippen LogP contribution in [-0.4, -0.2) is 23.0 Å². The fourth-order valence-electron chi connectivity index (χ4n) is 2.70. The Bertz CT molecular complexity index is 965. The van der Waals surface area contributed by atoms with E-state index in [0.717, 1.165) is 11.3 Å². The first-order chi connectivity index (χ1) is 12.1. The van der Waals surface area contributed by atoms with Crippen molar-refractivity contribution < 1.29 is 9.53 Å². The molecule has 1 heterocycles. The van der Waals surface area contributed by atoms with Gasteiger partial charge in [-0.25, -0.2) is 4.98 Å². The number of rotatable bonds is 5. The van der Waals surface area contributed by atoms with Crippen LogP contribution < -0.4 is 15.6 Å². The predicted octanol–water partition coefficient (Wildman–Crippen LogP) is 3.06. The van der Waals surface area contributed by atoms with Gasteiger partial charge in [0, 0.05) is 12.1 Å². The van der Waals surface area contributed by atoms with Crippen molar-refractivity contribution in [3.8, 4) is 5.75 Å². The topological polar surface area (TPSA) is 84.1 Å². The molecule has 128 valence electrons. The number of hydrogen-bond donors (Lipinski definition) is 2. The maximum absolute atomic E-state index is 12.3. The number of carbonyl (C=O) groups excluding carboxylic acids is 1. The largest absolute Gasteiger partial charge is 0.497 e. The normalized spacial score (nSPS) is 11.9. The monoisotopic (exact) mass is 337 g/mol. The zero-order valence-corrected chi connectivity index (χ0v) is 14.1. The lowest BCUT2D eigenvalue weighted by Crippen LogP contribution is -2.15. The molecule has 0 radical (unpaired) electrons. The van der Waals surface area contributed by atoms with E-state index in [-0.39, 0.29) is 17.4 Å². The second-order valence-corrected chi connectivity index (χ2v) is 5.89. The summed E-state index contributed by atoms with van der Waals surface area (Å²) in [5.41, 5.74) is 1.97. The van der Waals surface area contributed by atoms with Gasteiger partial charge in [0.25, 0.3) is 5.56 Å². The van der Waals surface area contributed by atoms with Gasteiger partial charge in [0.05, 0.1) is 24.3 Å². The van der Waals surface area contributed by atoms with Crippen LogP contribution in [0.3, 0.4) is 0 Å². The van der Waals surface area contributed by atoms with Crippen molar-refractivity contribution in [1.29, 1.82) is 0 Å². The number of hydrogen-bond acceptors (Lipinski definition) is 4. The summed E-state index contributed by atoms with van der Waals surface area (Å²) in [6.07, 6.45) is 1.69. The summed E-state index contributed by atoms with van der Waals surface area (Å²) in [5.74, 6) is 0.696. The highest BCUT2D eigenvalue weighted by atomic mass is 16.5. The summed E-state index contributed by atoms with van der Waals surface area (Å²) >= 11 is 0. The molecule has 2 aromatic carbocycles. The molecule has 2 N–H and O–H groups in total. The summed E-state index contributed by atoms with van der Waals surface area (Å²) in [4.78, 5) is 30.8. The molecule has 3 rings (SSSR count). The Morgan fingerprint density at radius 1 is 1.28 bits per heavy atom. The van der Waals surface area contributed by atoms with Crippen molar-refractivity contribution in [2.24, 2.45) is 0 Å². The van der Waals surface area contributed by atoms with E-state index in [0.29, 0.717) is 23.0 Å². The van der Waals surface area contributed by atoms with Crippen LogP contribution in [0.1, 0.15) is 24.8 Å². The Labute approximate surface area is 144 Å². The summed E-state index contributed by atoms with van der Waals surface area (Å²) in [5, 5.41) is 3.29. The molecule has 0 fully saturated rings. The molecule has 0 aliphatic carbocycles. The van der Waals surface area contributed by atoms with Gasteiger partial charge in [-0.05, 0) is 41.8 Å². The van der Waals surface area contributed by atoms with Crippen LogP contribution in [0.2, 0.25) is 0 Å². The molecule has 6 nitrogen and oxygen atoms in total. The van der Waals surface area contributed by atoms with Crippen LogP contribution >= 0.6 is 0 Å². The summed E-state index contributed by atoms with van der Waals surface area (Å²) in [6, 6.07) is 12.8. The van der Waals surface area contributed by atoms with Gasteiger partial charge < -0.3 is 15.0 Å². The number of aromatic nitrogens is 2. The molecule has 1 aromatic heterocycles. The fourth-order valence-corrected chi connectivity index (χ4v) is 2.70.